The topological polar surface area (TPSA) is 37.3 Å². The first-order chi connectivity index (χ1) is 9.24. The largest absolute Gasteiger partial charge is 1.00 e. The van der Waals surface area contributed by atoms with Crippen LogP contribution in [0.4, 0.5) is 0 Å². The van der Waals surface area contributed by atoms with Crippen molar-refractivity contribution >= 4 is 11.1 Å². The maximum atomic E-state index is 10.8. The number of hydrogen-bond donors (Lipinski definition) is 1. The van der Waals surface area contributed by atoms with E-state index in [-0.39, 0.29) is 31.0 Å². The molecule has 110 valence electrons. The number of benzene rings is 1. The summed E-state index contributed by atoms with van der Waals surface area (Å²) in [5, 5.41) is 0. The predicted octanol–water partition coefficient (Wildman–Crippen LogP) is 2.07. The van der Waals surface area contributed by atoms with Crippen molar-refractivity contribution in [3.05, 3.63) is 29.8 Å². The summed E-state index contributed by atoms with van der Waals surface area (Å²) >= 11 is -1.85. The van der Waals surface area contributed by atoms with E-state index in [1.165, 1.54) is 56.9 Å². The Balaban J connectivity index is 0. The molecule has 0 saturated heterocycles. The molecular formula is C16H27NaO2S. The van der Waals surface area contributed by atoms with Gasteiger partial charge in [-0.2, -0.15) is 0 Å². The molecule has 0 fully saturated rings. The Bertz CT molecular complexity index is 371. The van der Waals surface area contributed by atoms with Crippen LogP contribution in [0.3, 0.4) is 0 Å². The normalized spacial score (nSPS) is 11.9. The van der Waals surface area contributed by atoms with Gasteiger partial charge in [-0.05, 0) is 30.5 Å². The van der Waals surface area contributed by atoms with E-state index in [0.29, 0.717) is 4.90 Å². The van der Waals surface area contributed by atoms with Crippen LogP contribution in [0.1, 0.15) is 65.3 Å². The zero-order valence-corrected chi connectivity index (χ0v) is 15.8. The van der Waals surface area contributed by atoms with E-state index >= 15 is 0 Å². The van der Waals surface area contributed by atoms with Gasteiger partial charge in [0.25, 0.3) is 0 Å². The van der Waals surface area contributed by atoms with Crippen LogP contribution in [-0.2, 0) is 17.5 Å². The summed E-state index contributed by atoms with van der Waals surface area (Å²) in [6.07, 6.45) is 11.7. The predicted molar refractivity (Wildman–Crippen MR) is 82.9 cm³/mol. The molecule has 0 bridgehead atoms. The van der Waals surface area contributed by atoms with Crippen molar-refractivity contribution in [2.75, 3.05) is 0 Å². The zero-order valence-electron chi connectivity index (χ0n) is 13.9. The molecule has 1 aromatic carbocycles. The monoisotopic (exact) mass is 306 g/mol. The first-order valence-corrected chi connectivity index (χ1v) is 8.54. The smallest absolute Gasteiger partial charge is 1.00 e. The van der Waals surface area contributed by atoms with Gasteiger partial charge in [0.2, 0.25) is 0 Å². The molecule has 1 unspecified atom stereocenters. The van der Waals surface area contributed by atoms with Crippen LogP contribution in [0.15, 0.2) is 29.2 Å². The summed E-state index contributed by atoms with van der Waals surface area (Å²) in [7, 11) is 0. The maximum absolute atomic E-state index is 10.8. The van der Waals surface area contributed by atoms with Crippen LogP contribution in [0.25, 0.3) is 0 Å². The van der Waals surface area contributed by atoms with Crippen LogP contribution >= 0.6 is 0 Å². The maximum Gasteiger partial charge on any atom is 1.00 e. The van der Waals surface area contributed by atoms with Crippen LogP contribution in [0.2, 0.25) is 0 Å². The Labute approximate surface area is 149 Å². The summed E-state index contributed by atoms with van der Waals surface area (Å²) in [5.41, 5.74) is 1.26. The minimum Gasteiger partial charge on any atom is -1.00 e. The first kappa shape index (κ1) is 20.3. The molecule has 1 aromatic rings. The average Bonchev–Trinajstić information content (AvgIpc) is 2.42. The van der Waals surface area contributed by atoms with E-state index in [0.717, 1.165) is 6.42 Å². The number of hydrogen-bond acceptors (Lipinski definition) is 1. The van der Waals surface area contributed by atoms with Gasteiger partial charge in [-0.15, -0.1) is 0 Å². The van der Waals surface area contributed by atoms with Crippen molar-refractivity contribution in [2.24, 2.45) is 0 Å². The average molecular weight is 306 g/mol. The summed E-state index contributed by atoms with van der Waals surface area (Å²) < 4.78 is 19.8. The Kier molecular flexibility index (Phi) is 13.2. The van der Waals surface area contributed by atoms with Gasteiger partial charge in [-0.1, -0.05) is 64.0 Å². The second-order valence-corrected chi connectivity index (χ2v) is 6.09. The Morgan fingerprint density at radius 2 is 1.45 bits per heavy atom. The fraction of sp³-hybridized carbons (Fsp3) is 0.625. The third kappa shape index (κ3) is 9.30. The number of rotatable bonds is 10. The van der Waals surface area contributed by atoms with Crippen molar-refractivity contribution in [1.29, 1.82) is 0 Å². The van der Waals surface area contributed by atoms with E-state index in [2.05, 4.69) is 6.92 Å². The van der Waals surface area contributed by atoms with Crippen molar-refractivity contribution in [2.45, 2.75) is 69.6 Å². The molecule has 1 N–H and O–H groups in total. The number of aryl methyl sites for hydroxylation is 1. The molecule has 4 heteroatoms. The van der Waals surface area contributed by atoms with Gasteiger partial charge in [-0.25, -0.2) is 4.21 Å². The molecule has 0 amide bonds. The SMILES string of the molecule is CCCCCCCCCCc1ccc(S(=O)O)cc1.[H-].[Na+]. The molecule has 0 aromatic heterocycles. The molecule has 0 heterocycles. The van der Waals surface area contributed by atoms with Gasteiger partial charge >= 0.3 is 29.6 Å². The van der Waals surface area contributed by atoms with Gasteiger partial charge in [0.15, 0.2) is 11.1 Å². The quantitative estimate of drug-likeness (QED) is 0.408. The summed E-state index contributed by atoms with van der Waals surface area (Å²) in [6, 6.07) is 7.42. The van der Waals surface area contributed by atoms with E-state index in [9.17, 15) is 4.21 Å². The van der Waals surface area contributed by atoms with E-state index in [1.807, 2.05) is 12.1 Å². The zero-order chi connectivity index (χ0) is 13.9. The first-order valence-electron chi connectivity index (χ1n) is 7.44. The van der Waals surface area contributed by atoms with Crippen LogP contribution < -0.4 is 29.6 Å². The molecule has 0 saturated carbocycles. The Morgan fingerprint density at radius 3 is 1.95 bits per heavy atom. The molecule has 0 spiro atoms. The van der Waals surface area contributed by atoms with Gasteiger partial charge in [0, 0.05) is 0 Å². The fourth-order valence-electron chi connectivity index (χ4n) is 2.24. The van der Waals surface area contributed by atoms with Gasteiger partial charge in [0.05, 0.1) is 4.90 Å². The minimum absolute atomic E-state index is 0. The standard InChI is InChI=1S/C16H26O2S.Na.H/c1-2-3-4-5-6-7-8-9-10-15-11-13-16(14-12-15)19(17)18;;/h11-14H,2-10H2,1H3,(H,17,18);;/q;+1;-1. The minimum atomic E-state index is -1.85. The van der Waals surface area contributed by atoms with Crippen LogP contribution in [0.5, 0.6) is 0 Å². The molecule has 2 nitrogen and oxygen atoms in total. The molecule has 0 aliphatic heterocycles. The van der Waals surface area contributed by atoms with Gasteiger partial charge in [0.1, 0.15) is 0 Å². The third-order valence-corrected chi connectivity index (χ3v) is 4.12. The van der Waals surface area contributed by atoms with E-state index < -0.39 is 11.1 Å². The van der Waals surface area contributed by atoms with Crippen LogP contribution in [-0.4, -0.2) is 8.76 Å². The van der Waals surface area contributed by atoms with Gasteiger partial charge in [-0.3, -0.25) is 0 Å². The van der Waals surface area contributed by atoms with Crippen LogP contribution in [0, 0.1) is 0 Å². The molecule has 1 atom stereocenters. The van der Waals surface area contributed by atoms with E-state index in [1.54, 1.807) is 12.1 Å². The van der Waals surface area contributed by atoms with Gasteiger partial charge < -0.3 is 5.98 Å². The molecular weight excluding hydrogens is 279 g/mol. The Hall–Kier alpha value is 0.330. The third-order valence-electron chi connectivity index (χ3n) is 3.44. The van der Waals surface area contributed by atoms with Crippen molar-refractivity contribution in [3.8, 4) is 0 Å². The van der Waals surface area contributed by atoms with Crippen molar-refractivity contribution in [1.82, 2.24) is 0 Å². The molecule has 20 heavy (non-hydrogen) atoms. The van der Waals surface area contributed by atoms with E-state index in [4.69, 9.17) is 4.55 Å². The Morgan fingerprint density at radius 1 is 0.950 bits per heavy atom. The summed E-state index contributed by atoms with van der Waals surface area (Å²) in [5.74, 6) is 0. The summed E-state index contributed by atoms with van der Waals surface area (Å²) in [4.78, 5) is 0.486. The summed E-state index contributed by atoms with van der Waals surface area (Å²) in [6.45, 7) is 2.25. The molecule has 0 aliphatic rings. The molecule has 0 aliphatic carbocycles. The second kappa shape index (κ2) is 13.0. The fourth-order valence-corrected chi connectivity index (χ4v) is 2.60. The van der Waals surface area contributed by atoms with Crippen molar-refractivity contribution < 1.29 is 39.7 Å². The van der Waals surface area contributed by atoms with Crippen molar-refractivity contribution in [3.63, 3.8) is 0 Å². The molecule has 1 rings (SSSR count). The number of unbranched alkanes of at least 4 members (excludes halogenated alkanes) is 7. The second-order valence-electron chi connectivity index (χ2n) is 5.12. The molecule has 0 radical (unpaired) electrons.